The number of benzene rings is 3. The zero-order valence-corrected chi connectivity index (χ0v) is 16.9. The Balaban J connectivity index is 1.51. The number of carbonyl (C=O) groups is 1. The van der Waals surface area contributed by atoms with Crippen LogP contribution in [0.5, 0.6) is 17.2 Å². The van der Waals surface area contributed by atoms with Crippen LogP contribution in [0.15, 0.2) is 79.4 Å². The van der Waals surface area contributed by atoms with Gasteiger partial charge in [-0.2, -0.15) is 0 Å². The molecule has 0 saturated heterocycles. The third-order valence-corrected chi connectivity index (χ3v) is 5.35. The molecule has 1 amide bonds. The molecule has 1 atom stereocenters. The van der Waals surface area contributed by atoms with Gasteiger partial charge in [0.1, 0.15) is 18.5 Å². The first kappa shape index (κ1) is 19.1. The molecular weight excluding hydrogens is 392 g/mol. The Kier molecular flexibility index (Phi) is 4.96. The van der Waals surface area contributed by atoms with E-state index in [1.807, 2.05) is 71.6 Å². The first-order chi connectivity index (χ1) is 15.2. The predicted molar refractivity (Wildman–Crippen MR) is 117 cm³/mol. The topological polar surface area (TPSA) is 60.0 Å². The highest BCUT2D eigenvalue weighted by Gasteiger charge is 2.33. The van der Waals surface area contributed by atoms with E-state index in [0.29, 0.717) is 24.5 Å². The number of nitrogens with one attached hydrogen (secondary N) is 1. The summed E-state index contributed by atoms with van der Waals surface area (Å²) in [6.45, 7) is 4.75. The van der Waals surface area contributed by atoms with E-state index < -0.39 is 0 Å². The lowest BCUT2D eigenvalue weighted by Crippen LogP contribution is -2.42. The maximum Gasteiger partial charge on any atom is 0.258 e. The third-order valence-electron chi connectivity index (χ3n) is 5.35. The van der Waals surface area contributed by atoms with Crippen LogP contribution in [0.3, 0.4) is 0 Å². The average Bonchev–Trinajstić information content (AvgIpc) is 3.27. The van der Waals surface area contributed by atoms with Crippen molar-refractivity contribution in [1.82, 2.24) is 4.90 Å². The predicted octanol–water partition coefficient (Wildman–Crippen LogP) is 4.75. The maximum atomic E-state index is 13.5. The molecule has 0 unspecified atom stereocenters. The molecule has 3 aromatic rings. The van der Waals surface area contributed by atoms with E-state index in [4.69, 9.17) is 14.2 Å². The lowest BCUT2D eigenvalue weighted by molar-refractivity contribution is 0.0666. The largest absolute Gasteiger partial charge is 0.490 e. The molecule has 1 N–H and O–H groups in total. The number of hydrogen-bond donors (Lipinski definition) is 1. The van der Waals surface area contributed by atoms with Crippen molar-refractivity contribution < 1.29 is 19.0 Å². The number of carbonyl (C=O) groups excluding carboxylic acids is 1. The highest BCUT2D eigenvalue weighted by Crippen LogP contribution is 2.37. The fourth-order valence-corrected chi connectivity index (χ4v) is 3.88. The molecular formula is C25H22N2O4. The van der Waals surface area contributed by atoms with Crippen LogP contribution in [0.2, 0.25) is 0 Å². The number of nitrogens with zero attached hydrogens (tertiary/aromatic N) is 1. The minimum atomic E-state index is -0.347. The van der Waals surface area contributed by atoms with E-state index in [2.05, 4.69) is 11.9 Å². The molecule has 0 bridgehead atoms. The van der Waals surface area contributed by atoms with Gasteiger partial charge >= 0.3 is 0 Å². The van der Waals surface area contributed by atoms with Crippen molar-refractivity contribution in [2.75, 3.05) is 18.7 Å². The zero-order valence-electron chi connectivity index (χ0n) is 16.9. The van der Waals surface area contributed by atoms with E-state index >= 15 is 0 Å². The standard InChI is InChI=1S/C25H22N2O4/c1-2-12-29-19-7-5-6-18(14-19)24-26-21-9-4-3-8-20(21)25(28)27(24)15-17-10-11-22-23(13-17)31-16-30-22/h2-11,13-14,24,26H,1,12,15-16H2/t24-/m0/s1. The highest BCUT2D eigenvalue weighted by molar-refractivity contribution is 6.01. The van der Waals surface area contributed by atoms with Crippen LogP contribution in [-0.2, 0) is 6.54 Å². The van der Waals surface area contributed by atoms with Crippen LogP contribution in [0.1, 0.15) is 27.7 Å². The van der Waals surface area contributed by atoms with Gasteiger partial charge in [0.25, 0.3) is 5.91 Å². The van der Waals surface area contributed by atoms with Gasteiger partial charge in [-0.15, -0.1) is 0 Å². The van der Waals surface area contributed by atoms with Gasteiger partial charge in [0.15, 0.2) is 11.5 Å². The van der Waals surface area contributed by atoms with Crippen molar-refractivity contribution in [3.63, 3.8) is 0 Å². The molecule has 156 valence electrons. The van der Waals surface area contributed by atoms with E-state index in [1.165, 1.54) is 0 Å². The Bertz CT molecular complexity index is 1140. The van der Waals surface area contributed by atoms with E-state index in [-0.39, 0.29) is 18.9 Å². The van der Waals surface area contributed by atoms with Crippen molar-refractivity contribution in [2.24, 2.45) is 0 Å². The molecule has 3 aromatic carbocycles. The van der Waals surface area contributed by atoms with E-state index in [1.54, 1.807) is 6.08 Å². The van der Waals surface area contributed by atoms with Gasteiger partial charge in [-0.05, 0) is 47.5 Å². The van der Waals surface area contributed by atoms with Gasteiger partial charge in [0.05, 0.1) is 5.56 Å². The minimum absolute atomic E-state index is 0.0329. The van der Waals surface area contributed by atoms with Crippen LogP contribution in [0.25, 0.3) is 0 Å². The minimum Gasteiger partial charge on any atom is -0.490 e. The van der Waals surface area contributed by atoms with Crippen molar-refractivity contribution in [2.45, 2.75) is 12.7 Å². The van der Waals surface area contributed by atoms with E-state index in [9.17, 15) is 4.79 Å². The van der Waals surface area contributed by atoms with Crippen LogP contribution in [0.4, 0.5) is 5.69 Å². The zero-order chi connectivity index (χ0) is 21.2. The van der Waals surface area contributed by atoms with Crippen LogP contribution >= 0.6 is 0 Å². The summed E-state index contributed by atoms with van der Waals surface area (Å²) in [5, 5.41) is 3.52. The van der Waals surface area contributed by atoms with Crippen LogP contribution in [0, 0.1) is 0 Å². The maximum absolute atomic E-state index is 13.5. The lowest BCUT2D eigenvalue weighted by atomic mass is 10.0. The van der Waals surface area contributed by atoms with E-state index in [0.717, 1.165) is 28.3 Å². The molecule has 0 fully saturated rings. The van der Waals surface area contributed by atoms with Crippen molar-refractivity contribution >= 4 is 11.6 Å². The fraction of sp³-hybridized carbons (Fsp3) is 0.160. The quantitative estimate of drug-likeness (QED) is 0.590. The molecule has 2 aliphatic rings. The number of rotatable bonds is 6. The number of amides is 1. The fourth-order valence-electron chi connectivity index (χ4n) is 3.88. The van der Waals surface area contributed by atoms with Gasteiger partial charge in [0.2, 0.25) is 6.79 Å². The summed E-state index contributed by atoms with van der Waals surface area (Å²) in [7, 11) is 0. The highest BCUT2D eigenvalue weighted by atomic mass is 16.7. The van der Waals surface area contributed by atoms with Gasteiger partial charge in [-0.25, -0.2) is 0 Å². The summed E-state index contributed by atoms with van der Waals surface area (Å²) in [5.74, 6) is 2.12. The second-order valence-corrected chi connectivity index (χ2v) is 7.39. The Morgan fingerprint density at radius 2 is 1.94 bits per heavy atom. The Morgan fingerprint density at radius 3 is 2.84 bits per heavy atom. The molecule has 0 saturated carbocycles. The summed E-state index contributed by atoms with van der Waals surface area (Å²) in [5.41, 5.74) is 3.36. The molecule has 6 nitrogen and oxygen atoms in total. The SMILES string of the molecule is C=CCOc1cccc([C@H]2Nc3ccccc3C(=O)N2Cc2ccc3c(c2)OCO3)c1. The first-order valence-electron chi connectivity index (χ1n) is 10.1. The monoisotopic (exact) mass is 414 g/mol. The molecule has 0 spiro atoms. The number of para-hydroxylation sites is 1. The average molecular weight is 414 g/mol. The Hall–Kier alpha value is -3.93. The molecule has 5 rings (SSSR count). The second kappa shape index (κ2) is 8.07. The van der Waals surface area contributed by atoms with Gasteiger partial charge < -0.3 is 24.4 Å². The van der Waals surface area contributed by atoms with Crippen LogP contribution < -0.4 is 19.5 Å². The first-order valence-corrected chi connectivity index (χ1v) is 10.1. The number of fused-ring (bicyclic) bond motifs is 2. The normalized spacial score (nSPS) is 16.5. The Labute approximate surface area is 180 Å². The molecule has 0 aromatic heterocycles. The molecule has 2 aliphatic heterocycles. The molecule has 0 radical (unpaired) electrons. The smallest absolute Gasteiger partial charge is 0.258 e. The molecule has 6 heteroatoms. The third kappa shape index (κ3) is 3.68. The van der Waals surface area contributed by atoms with Crippen molar-refractivity contribution in [3.8, 4) is 17.2 Å². The second-order valence-electron chi connectivity index (χ2n) is 7.39. The lowest BCUT2D eigenvalue weighted by Gasteiger charge is -2.38. The van der Waals surface area contributed by atoms with Gasteiger partial charge in [0, 0.05) is 12.2 Å². The number of hydrogen-bond acceptors (Lipinski definition) is 5. The summed E-state index contributed by atoms with van der Waals surface area (Å²) in [4.78, 5) is 15.3. The van der Waals surface area contributed by atoms with Gasteiger partial charge in [-0.1, -0.05) is 43.0 Å². The summed E-state index contributed by atoms with van der Waals surface area (Å²) < 4.78 is 16.6. The summed E-state index contributed by atoms with van der Waals surface area (Å²) >= 11 is 0. The number of ether oxygens (including phenoxy) is 3. The molecule has 0 aliphatic carbocycles. The molecule has 31 heavy (non-hydrogen) atoms. The van der Waals surface area contributed by atoms with Crippen LogP contribution in [-0.4, -0.2) is 24.2 Å². The summed E-state index contributed by atoms with van der Waals surface area (Å²) in [6.07, 6.45) is 1.36. The van der Waals surface area contributed by atoms with Crippen molar-refractivity contribution in [1.29, 1.82) is 0 Å². The molecule has 2 heterocycles. The Morgan fingerprint density at radius 1 is 1.06 bits per heavy atom. The number of anilines is 1. The van der Waals surface area contributed by atoms with Gasteiger partial charge in [-0.3, -0.25) is 4.79 Å². The summed E-state index contributed by atoms with van der Waals surface area (Å²) in [6, 6.07) is 21.1. The van der Waals surface area contributed by atoms with Crippen molar-refractivity contribution in [3.05, 3.63) is 96.1 Å².